The summed E-state index contributed by atoms with van der Waals surface area (Å²) in [6.45, 7) is 5.96. The van der Waals surface area contributed by atoms with Crippen molar-refractivity contribution < 1.29 is 9.13 Å². The third kappa shape index (κ3) is 3.98. The summed E-state index contributed by atoms with van der Waals surface area (Å²) in [7, 11) is 4.19. The second-order valence-electron chi connectivity index (χ2n) is 9.31. The van der Waals surface area contributed by atoms with Crippen LogP contribution in [0.3, 0.4) is 0 Å². The molecule has 3 unspecified atom stereocenters. The molecule has 0 radical (unpaired) electrons. The highest BCUT2D eigenvalue weighted by Gasteiger charge is 2.36. The third-order valence-corrected chi connectivity index (χ3v) is 7.13. The highest BCUT2D eigenvalue weighted by Crippen LogP contribution is 2.41. The summed E-state index contributed by atoms with van der Waals surface area (Å²) in [5, 5.41) is 1.27. The Balaban J connectivity index is 1.45. The minimum absolute atomic E-state index is 0.0230. The average Bonchev–Trinajstić information content (AvgIpc) is 3.42. The van der Waals surface area contributed by atoms with E-state index in [4.69, 9.17) is 4.74 Å². The van der Waals surface area contributed by atoms with Gasteiger partial charge in [0.15, 0.2) is 0 Å². The summed E-state index contributed by atoms with van der Waals surface area (Å²) >= 11 is 0. The molecule has 2 heterocycles. The van der Waals surface area contributed by atoms with Gasteiger partial charge in [-0.25, -0.2) is 4.39 Å². The van der Waals surface area contributed by atoms with Crippen molar-refractivity contribution in [1.29, 1.82) is 0 Å². The lowest BCUT2D eigenvalue weighted by molar-refractivity contribution is -0.0000190. The monoisotopic (exact) mass is 442 g/mol. The maximum atomic E-state index is 13.5. The first-order chi connectivity index (χ1) is 16.0. The van der Waals surface area contributed by atoms with Crippen LogP contribution in [-0.2, 0) is 17.9 Å². The fraction of sp³-hybridized carbons (Fsp3) is 0.310. The molecular formula is C29H31FN2O. The lowest BCUT2D eigenvalue weighted by Crippen LogP contribution is -2.38. The Morgan fingerprint density at radius 1 is 1.00 bits per heavy atom. The van der Waals surface area contributed by atoms with E-state index in [0.717, 1.165) is 12.1 Å². The van der Waals surface area contributed by atoms with Crippen LogP contribution in [0.5, 0.6) is 0 Å². The normalized spacial score (nSPS) is 17.5. The number of likely N-dealkylation sites (N-methyl/N-ethyl adjacent to an activating group) is 1. The number of hydrogen-bond acceptors (Lipinski definition) is 2. The van der Waals surface area contributed by atoms with Crippen molar-refractivity contribution in [3.63, 3.8) is 0 Å². The van der Waals surface area contributed by atoms with E-state index < -0.39 is 0 Å². The molecule has 0 N–H and O–H groups in total. The van der Waals surface area contributed by atoms with Crippen LogP contribution in [0.1, 0.15) is 42.6 Å². The molecule has 1 aromatic heterocycles. The molecule has 0 saturated carbocycles. The van der Waals surface area contributed by atoms with Crippen LogP contribution in [0.15, 0.2) is 72.9 Å². The van der Waals surface area contributed by atoms with Gasteiger partial charge in [-0.15, -0.1) is 0 Å². The van der Waals surface area contributed by atoms with Gasteiger partial charge in [0, 0.05) is 29.7 Å². The van der Waals surface area contributed by atoms with E-state index >= 15 is 0 Å². The lowest BCUT2D eigenvalue weighted by atomic mass is 9.85. The molecule has 33 heavy (non-hydrogen) atoms. The van der Waals surface area contributed by atoms with Crippen LogP contribution in [-0.4, -0.2) is 29.6 Å². The molecule has 0 amide bonds. The second kappa shape index (κ2) is 8.77. The van der Waals surface area contributed by atoms with Crippen LogP contribution in [0.25, 0.3) is 22.0 Å². The van der Waals surface area contributed by atoms with Crippen LogP contribution in [0, 0.1) is 5.82 Å². The molecule has 0 spiro atoms. The first kappa shape index (κ1) is 21.9. The molecule has 0 bridgehead atoms. The molecule has 0 aliphatic carbocycles. The molecule has 1 aliphatic heterocycles. The smallest absolute Gasteiger partial charge is 0.123 e. The van der Waals surface area contributed by atoms with Crippen molar-refractivity contribution in [1.82, 2.24) is 9.47 Å². The molecule has 0 fully saturated rings. The zero-order valence-electron chi connectivity index (χ0n) is 19.8. The van der Waals surface area contributed by atoms with E-state index in [9.17, 15) is 4.39 Å². The molecule has 4 aromatic rings. The Labute approximate surface area is 195 Å². The van der Waals surface area contributed by atoms with Crippen LogP contribution < -0.4 is 0 Å². The third-order valence-electron chi connectivity index (χ3n) is 7.13. The fourth-order valence-corrected chi connectivity index (χ4v) is 5.34. The maximum absolute atomic E-state index is 13.5. The number of fused-ring (bicyclic) bond motifs is 2. The SMILES string of the molecule is CCn1ccc2cc(-c3ccc4c(c3)COC4C(C(C)c3ccc(F)cc3)N(C)C)ccc21. The molecule has 4 heteroatoms. The molecule has 5 rings (SSSR count). The van der Waals surface area contributed by atoms with Crippen molar-refractivity contribution in [2.75, 3.05) is 14.1 Å². The molecule has 1 aliphatic rings. The van der Waals surface area contributed by atoms with E-state index in [-0.39, 0.29) is 23.9 Å². The highest BCUT2D eigenvalue weighted by molar-refractivity contribution is 5.85. The van der Waals surface area contributed by atoms with Gasteiger partial charge in [-0.2, -0.15) is 0 Å². The van der Waals surface area contributed by atoms with E-state index in [0.29, 0.717) is 6.61 Å². The molecule has 0 saturated heterocycles. The summed E-state index contributed by atoms with van der Waals surface area (Å²) in [4.78, 5) is 2.23. The van der Waals surface area contributed by atoms with E-state index in [1.165, 1.54) is 33.2 Å². The van der Waals surface area contributed by atoms with E-state index in [2.05, 4.69) is 86.1 Å². The Morgan fingerprint density at radius 2 is 1.73 bits per heavy atom. The summed E-state index contributed by atoms with van der Waals surface area (Å²) in [6.07, 6.45) is 2.13. The van der Waals surface area contributed by atoms with Gasteiger partial charge in [0.2, 0.25) is 0 Å². The number of hydrogen-bond donors (Lipinski definition) is 0. The zero-order valence-corrected chi connectivity index (χ0v) is 19.8. The average molecular weight is 443 g/mol. The van der Waals surface area contributed by atoms with Crippen molar-refractivity contribution >= 4 is 10.9 Å². The fourth-order valence-electron chi connectivity index (χ4n) is 5.34. The van der Waals surface area contributed by atoms with Crippen molar-refractivity contribution in [2.45, 2.75) is 45.1 Å². The van der Waals surface area contributed by atoms with Gasteiger partial charge in [0.1, 0.15) is 5.82 Å². The van der Waals surface area contributed by atoms with E-state index in [1.54, 1.807) is 12.1 Å². The van der Waals surface area contributed by atoms with Gasteiger partial charge in [0.05, 0.1) is 12.7 Å². The number of ether oxygens (including phenoxy) is 1. The number of nitrogens with zero attached hydrogens (tertiary/aromatic N) is 2. The predicted octanol–water partition coefficient (Wildman–Crippen LogP) is 6.77. The van der Waals surface area contributed by atoms with Crippen LogP contribution in [0.4, 0.5) is 4.39 Å². The molecule has 3 aromatic carbocycles. The summed E-state index contributed by atoms with van der Waals surface area (Å²) in [5.74, 6) is -0.00646. The van der Waals surface area contributed by atoms with Gasteiger partial charge >= 0.3 is 0 Å². The Hall–Kier alpha value is -2.95. The van der Waals surface area contributed by atoms with Crippen molar-refractivity contribution in [3.05, 3.63) is 95.4 Å². The quantitative estimate of drug-likeness (QED) is 0.328. The number of aromatic nitrogens is 1. The zero-order chi connectivity index (χ0) is 23.1. The second-order valence-corrected chi connectivity index (χ2v) is 9.31. The number of halogens is 1. The number of benzene rings is 3. The molecule has 170 valence electrons. The van der Waals surface area contributed by atoms with Crippen molar-refractivity contribution in [2.24, 2.45) is 0 Å². The molecular weight excluding hydrogens is 411 g/mol. The summed E-state index contributed by atoms with van der Waals surface area (Å²) in [5.41, 5.74) is 7.35. The van der Waals surface area contributed by atoms with Gasteiger partial charge < -0.3 is 14.2 Å². The first-order valence-electron chi connectivity index (χ1n) is 11.7. The standard InChI is InChI=1S/C29H31FN2O/c1-5-32-15-14-23-16-22(9-13-27(23)32)21-8-12-26-24(17-21)18-33-29(26)28(31(3)4)19(2)20-6-10-25(30)11-7-20/h6-17,19,28-29H,5,18H2,1-4H3. The highest BCUT2D eigenvalue weighted by atomic mass is 19.1. The topological polar surface area (TPSA) is 17.4 Å². The lowest BCUT2D eigenvalue weighted by Gasteiger charge is -2.35. The minimum Gasteiger partial charge on any atom is -0.367 e. The Morgan fingerprint density at radius 3 is 2.45 bits per heavy atom. The predicted molar refractivity (Wildman–Crippen MR) is 133 cm³/mol. The Kier molecular flexibility index (Phi) is 5.81. The first-order valence-corrected chi connectivity index (χ1v) is 11.7. The molecule has 3 nitrogen and oxygen atoms in total. The van der Waals surface area contributed by atoms with E-state index in [1.807, 2.05) is 12.1 Å². The maximum Gasteiger partial charge on any atom is 0.123 e. The number of aryl methyl sites for hydroxylation is 1. The minimum atomic E-state index is -0.202. The van der Waals surface area contributed by atoms with Crippen LogP contribution in [0.2, 0.25) is 0 Å². The van der Waals surface area contributed by atoms with Gasteiger partial charge in [0.25, 0.3) is 0 Å². The van der Waals surface area contributed by atoms with Gasteiger partial charge in [-0.3, -0.25) is 0 Å². The van der Waals surface area contributed by atoms with Crippen LogP contribution >= 0.6 is 0 Å². The van der Waals surface area contributed by atoms with Gasteiger partial charge in [-0.05, 0) is 91.2 Å². The largest absolute Gasteiger partial charge is 0.367 e. The molecule has 3 atom stereocenters. The van der Waals surface area contributed by atoms with Gasteiger partial charge in [-0.1, -0.05) is 37.3 Å². The number of rotatable bonds is 6. The van der Waals surface area contributed by atoms with Crippen molar-refractivity contribution in [3.8, 4) is 11.1 Å². The summed E-state index contributed by atoms with van der Waals surface area (Å²) in [6, 6.07) is 22.6. The Bertz CT molecular complexity index is 1270. The summed E-state index contributed by atoms with van der Waals surface area (Å²) < 4.78 is 22.1.